The van der Waals surface area contributed by atoms with Gasteiger partial charge < -0.3 is 5.32 Å². The minimum absolute atomic E-state index is 0.0316. The van der Waals surface area contributed by atoms with E-state index in [1.54, 1.807) is 12.1 Å². The van der Waals surface area contributed by atoms with Crippen molar-refractivity contribution in [3.63, 3.8) is 0 Å². The third-order valence-electron chi connectivity index (χ3n) is 2.49. The number of nitro groups is 1. The van der Waals surface area contributed by atoms with E-state index in [9.17, 15) is 14.9 Å². The molecule has 0 unspecified atom stereocenters. The van der Waals surface area contributed by atoms with Crippen LogP contribution < -0.4 is 5.32 Å². The highest BCUT2D eigenvalue weighted by Crippen LogP contribution is 2.17. The average molecular weight is 236 g/mol. The van der Waals surface area contributed by atoms with Gasteiger partial charge in [0.15, 0.2) is 0 Å². The Balaban J connectivity index is 2.73. The number of non-ortho nitro benzene ring substituents is 1. The van der Waals surface area contributed by atoms with Crippen molar-refractivity contribution in [2.45, 2.75) is 26.8 Å². The molecule has 0 radical (unpaired) electrons. The Morgan fingerprint density at radius 1 is 1.24 bits per heavy atom. The van der Waals surface area contributed by atoms with E-state index in [2.05, 4.69) is 5.32 Å². The lowest BCUT2D eigenvalue weighted by Gasteiger charge is -2.15. The first kappa shape index (κ1) is 13.2. The fourth-order valence-corrected chi connectivity index (χ4v) is 1.35. The normalized spacial score (nSPS) is 12.2. The van der Waals surface area contributed by atoms with Crippen LogP contribution in [0.5, 0.6) is 0 Å². The standard InChI is InChI=1S/C12H16N2O3/c1-8(2)12(15)13-9(3)10-4-6-11(7-5-10)14(16)17/h4-9H,1-3H3,(H,13,15)/t9-/m1/s1. The molecule has 0 fully saturated rings. The van der Waals surface area contributed by atoms with Crippen molar-refractivity contribution < 1.29 is 9.72 Å². The summed E-state index contributed by atoms with van der Waals surface area (Å²) in [6.45, 7) is 5.48. The van der Waals surface area contributed by atoms with Crippen LogP contribution in [0.4, 0.5) is 5.69 Å². The Bertz CT molecular complexity index is 412. The third kappa shape index (κ3) is 3.55. The van der Waals surface area contributed by atoms with Crippen LogP contribution in [0.25, 0.3) is 0 Å². The highest BCUT2D eigenvalue weighted by Gasteiger charge is 2.13. The molecular weight excluding hydrogens is 220 g/mol. The third-order valence-corrected chi connectivity index (χ3v) is 2.49. The van der Waals surface area contributed by atoms with E-state index < -0.39 is 4.92 Å². The first-order valence-electron chi connectivity index (χ1n) is 5.46. The number of amides is 1. The molecule has 1 N–H and O–H groups in total. The number of nitrogens with zero attached hydrogens (tertiary/aromatic N) is 1. The van der Waals surface area contributed by atoms with E-state index in [0.717, 1.165) is 5.56 Å². The minimum Gasteiger partial charge on any atom is -0.349 e. The molecule has 0 aliphatic heterocycles. The number of carbonyl (C=O) groups excluding carboxylic acids is 1. The Kier molecular flexibility index (Phi) is 4.20. The van der Waals surface area contributed by atoms with Crippen molar-refractivity contribution in [2.75, 3.05) is 0 Å². The van der Waals surface area contributed by atoms with E-state index in [1.165, 1.54) is 12.1 Å². The predicted octanol–water partition coefficient (Wildman–Crippen LogP) is 2.43. The van der Waals surface area contributed by atoms with Crippen LogP contribution in [0.2, 0.25) is 0 Å². The topological polar surface area (TPSA) is 72.2 Å². The zero-order valence-electron chi connectivity index (χ0n) is 10.1. The molecule has 92 valence electrons. The van der Waals surface area contributed by atoms with Crippen molar-refractivity contribution in [1.29, 1.82) is 0 Å². The van der Waals surface area contributed by atoms with Crippen LogP contribution >= 0.6 is 0 Å². The summed E-state index contributed by atoms with van der Waals surface area (Å²) in [6, 6.07) is 6.04. The molecule has 1 aromatic rings. The molecule has 17 heavy (non-hydrogen) atoms. The van der Waals surface area contributed by atoms with Gasteiger partial charge in [0.2, 0.25) is 5.91 Å². The summed E-state index contributed by atoms with van der Waals surface area (Å²) in [5, 5.41) is 13.3. The van der Waals surface area contributed by atoms with Crippen LogP contribution in [0, 0.1) is 16.0 Å². The Hall–Kier alpha value is -1.91. The lowest BCUT2D eigenvalue weighted by atomic mass is 10.1. The summed E-state index contributed by atoms with van der Waals surface area (Å²) in [4.78, 5) is 21.5. The quantitative estimate of drug-likeness (QED) is 0.644. The number of carbonyl (C=O) groups is 1. The largest absolute Gasteiger partial charge is 0.349 e. The second-order valence-electron chi connectivity index (χ2n) is 4.23. The monoisotopic (exact) mass is 236 g/mol. The minimum atomic E-state index is -0.443. The lowest BCUT2D eigenvalue weighted by molar-refractivity contribution is -0.384. The van der Waals surface area contributed by atoms with Crippen LogP contribution in [-0.4, -0.2) is 10.8 Å². The zero-order chi connectivity index (χ0) is 13.0. The molecule has 0 aromatic heterocycles. The summed E-state index contributed by atoms with van der Waals surface area (Å²) in [5.74, 6) is -0.105. The molecule has 1 amide bonds. The van der Waals surface area contributed by atoms with Crippen molar-refractivity contribution in [3.8, 4) is 0 Å². The van der Waals surface area contributed by atoms with Gasteiger partial charge in [-0.3, -0.25) is 14.9 Å². The van der Waals surface area contributed by atoms with Crippen molar-refractivity contribution >= 4 is 11.6 Å². The van der Waals surface area contributed by atoms with Crippen molar-refractivity contribution in [1.82, 2.24) is 5.32 Å². The predicted molar refractivity (Wildman–Crippen MR) is 64.5 cm³/mol. The fourth-order valence-electron chi connectivity index (χ4n) is 1.35. The van der Waals surface area contributed by atoms with Gasteiger partial charge in [-0.15, -0.1) is 0 Å². The summed E-state index contributed by atoms with van der Waals surface area (Å²) in [6.07, 6.45) is 0. The molecule has 0 aliphatic rings. The van der Waals surface area contributed by atoms with Gasteiger partial charge in [0.1, 0.15) is 0 Å². The molecule has 1 rings (SSSR count). The first-order valence-corrected chi connectivity index (χ1v) is 5.46. The molecular formula is C12H16N2O3. The van der Waals surface area contributed by atoms with Gasteiger partial charge in [-0.1, -0.05) is 26.0 Å². The Morgan fingerprint density at radius 2 is 1.76 bits per heavy atom. The highest BCUT2D eigenvalue weighted by atomic mass is 16.6. The number of rotatable bonds is 4. The molecule has 0 aliphatic carbocycles. The first-order chi connectivity index (χ1) is 7.91. The number of nitrogens with one attached hydrogen (secondary N) is 1. The summed E-state index contributed by atoms with van der Waals surface area (Å²) < 4.78 is 0. The van der Waals surface area contributed by atoms with Crippen LogP contribution in [0.15, 0.2) is 24.3 Å². The molecule has 0 saturated carbocycles. The zero-order valence-corrected chi connectivity index (χ0v) is 10.1. The molecule has 1 aromatic carbocycles. The van der Waals surface area contributed by atoms with Gasteiger partial charge in [0.25, 0.3) is 5.69 Å². The Morgan fingerprint density at radius 3 is 2.18 bits per heavy atom. The van der Waals surface area contributed by atoms with Gasteiger partial charge >= 0.3 is 0 Å². The van der Waals surface area contributed by atoms with E-state index in [-0.39, 0.29) is 23.6 Å². The molecule has 5 nitrogen and oxygen atoms in total. The highest BCUT2D eigenvalue weighted by molar-refractivity contribution is 5.78. The van der Waals surface area contributed by atoms with E-state index >= 15 is 0 Å². The Labute approximate surface area is 100.0 Å². The van der Waals surface area contributed by atoms with Gasteiger partial charge in [-0.05, 0) is 12.5 Å². The second-order valence-corrected chi connectivity index (χ2v) is 4.23. The van der Waals surface area contributed by atoms with Crippen LogP contribution in [0.3, 0.4) is 0 Å². The average Bonchev–Trinajstić information content (AvgIpc) is 2.28. The maximum atomic E-state index is 11.5. The van der Waals surface area contributed by atoms with Gasteiger partial charge in [-0.2, -0.15) is 0 Å². The fraction of sp³-hybridized carbons (Fsp3) is 0.417. The SMILES string of the molecule is CC(C)C(=O)N[C@H](C)c1ccc([N+](=O)[O-])cc1. The molecule has 0 spiro atoms. The summed E-state index contributed by atoms with van der Waals surface area (Å²) >= 11 is 0. The van der Waals surface area contributed by atoms with E-state index in [4.69, 9.17) is 0 Å². The number of hydrogen-bond donors (Lipinski definition) is 1. The summed E-state index contributed by atoms with van der Waals surface area (Å²) in [5.41, 5.74) is 0.903. The summed E-state index contributed by atoms with van der Waals surface area (Å²) in [7, 11) is 0. The number of nitro benzene ring substituents is 1. The number of benzene rings is 1. The molecule has 0 bridgehead atoms. The molecule has 1 atom stereocenters. The van der Waals surface area contributed by atoms with Crippen molar-refractivity contribution in [2.24, 2.45) is 5.92 Å². The molecule has 0 saturated heterocycles. The smallest absolute Gasteiger partial charge is 0.269 e. The lowest BCUT2D eigenvalue weighted by Crippen LogP contribution is -2.30. The molecule has 0 heterocycles. The van der Waals surface area contributed by atoms with Crippen molar-refractivity contribution in [3.05, 3.63) is 39.9 Å². The van der Waals surface area contributed by atoms with Crippen LogP contribution in [0.1, 0.15) is 32.4 Å². The number of hydrogen-bond acceptors (Lipinski definition) is 3. The maximum Gasteiger partial charge on any atom is 0.269 e. The van der Waals surface area contributed by atoms with E-state index in [1.807, 2.05) is 20.8 Å². The molecule has 5 heteroatoms. The maximum absolute atomic E-state index is 11.5. The van der Waals surface area contributed by atoms with Gasteiger partial charge in [0, 0.05) is 18.1 Å². The van der Waals surface area contributed by atoms with Gasteiger partial charge in [0.05, 0.1) is 11.0 Å². The van der Waals surface area contributed by atoms with Gasteiger partial charge in [-0.25, -0.2) is 0 Å². The second kappa shape index (κ2) is 5.43. The van der Waals surface area contributed by atoms with E-state index in [0.29, 0.717) is 0 Å². The van der Waals surface area contributed by atoms with Crippen LogP contribution in [-0.2, 0) is 4.79 Å².